The van der Waals surface area contributed by atoms with E-state index in [0.717, 1.165) is 44.3 Å². The maximum absolute atomic E-state index is 10.9. The molecule has 1 aromatic rings. The van der Waals surface area contributed by atoms with E-state index in [-0.39, 0.29) is 12.7 Å². The number of fused-ring (bicyclic) bond motifs is 2. The average Bonchev–Trinajstić information content (AvgIpc) is 3.04. The predicted octanol–water partition coefficient (Wildman–Crippen LogP) is 4.43. The van der Waals surface area contributed by atoms with Gasteiger partial charge in [-0.1, -0.05) is 45.2 Å². The minimum absolute atomic E-state index is 0.148. The average molecular weight is 420 g/mol. The molecule has 1 aromatic carbocycles. The van der Waals surface area contributed by atoms with Crippen molar-refractivity contribution in [3.63, 3.8) is 0 Å². The minimum Gasteiger partial charge on any atom is -0.482 e. The van der Waals surface area contributed by atoms with Crippen molar-refractivity contribution >= 4 is 5.97 Å². The van der Waals surface area contributed by atoms with Gasteiger partial charge in [0.25, 0.3) is 0 Å². The minimum atomic E-state index is -0.932. The standard InChI is InChI=1S/C24H36O4.CH5N/c1-3-4-5-8-19(25)10-11-20-16(2)12-18-14-22-17(13-21(18)20)7-6-9-23(22)28-15-24(26)27;1-2/h6-7,9,16,18-21,25H,3-5,8,10-15H2,1-2H3,(H,26,27);2H2,1H3/t16-,18-,19+,20+,21+;/m1./s1. The third-order valence-corrected chi connectivity index (χ3v) is 7.04. The molecule has 0 amide bonds. The number of unbranched alkanes of at least 4 members (excludes halogenated alkanes) is 2. The van der Waals surface area contributed by atoms with Gasteiger partial charge in [-0.25, -0.2) is 4.79 Å². The summed E-state index contributed by atoms with van der Waals surface area (Å²) >= 11 is 0. The zero-order valence-electron chi connectivity index (χ0n) is 19.0. The molecule has 5 atom stereocenters. The molecule has 170 valence electrons. The van der Waals surface area contributed by atoms with Crippen molar-refractivity contribution in [1.29, 1.82) is 0 Å². The highest BCUT2D eigenvalue weighted by Gasteiger charge is 2.43. The van der Waals surface area contributed by atoms with Crippen LogP contribution in [0.25, 0.3) is 0 Å². The number of benzene rings is 1. The Kier molecular flexibility index (Phi) is 10.1. The van der Waals surface area contributed by atoms with Crippen molar-refractivity contribution in [2.75, 3.05) is 13.7 Å². The zero-order chi connectivity index (χ0) is 22.1. The van der Waals surface area contributed by atoms with Gasteiger partial charge in [0.1, 0.15) is 5.75 Å². The molecule has 0 aliphatic heterocycles. The highest BCUT2D eigenvalue weighted by Crippen LogP contribution is 2.50. The SMILES string of the molecule is CCCCC[C@H](O)CC[C@@H]1[C@H]2Cc3cccc(OCC(=O)O)c3C[C@H]2C[C@H]1C.CN. The highest BCUT2D eigenvalue weighted by atomic mass is 16.5. The van der Waals surface area contributed by atoms with E-state index in [1.807, 2.05) is 12.1 Å². The molecule has 0 unspecified atom stereocenters. The molecule has 3 rings (SSSR count). The molecule has 0 saturated heterocycles. The molecule has 0 spiro atoms. The molecule has 0 bridgehead atoms. The van der Waals surface area contributed by atoms with Crippen LogP contribution in [0.3, 0.4) is 0 Å². The van der Waals surface area contributed by atoms with Crippen LogP contribution in [0.1, 0.15) is 69.9 Å². The van der Waals surface area contributed by atoms with E-state index in [0.29, 0.717) is 23.7 Å². The molecule has 5 heteroatoms. The number of hydrogen-bond donors (Lipinski definition) is 3. The largest absolute Gasteiger partial charge is 0.482 e. The third kappa shape index (κ3) is 6.45. The molecule has 1 fully saturated rings. The van der Waals surface area contributed by atoms with Gasteiger partial charge in [-0.15, -0.1) is 0 Å². The quantitative estimate of drug-likeness (QED) is 0.488. The third-order valence-electron chi connectivity index (χ3n) is 7.04. The normalized spacial score (nSPS) is 25.5. The van der Waals surface area contributed by atoms with Crippen molar-refractivity contribution in [3.8, 4) is 5.75 Å². The number of aliphatic carboxylic acids is 1. The van der Waals surface area contributed by atoms with E-state index in [2.05, 4.69) is 25.6 Å². The smallest absolute Gasteiger partial charge is 0.341 e. The Morgan fingerprint density at radius 1 is 1.23 bits per heavy atom. The molecule has 5 nitrogen and oxygen atoms in total. The van der Waals surface area contributed by atoms with Crippen LogP contribution in [-0.2, 0) is 17.6 Å². The lowest BCUT2D eigenvalue weighted by Gasteiger charge is -2.33. The summed E-state index contributed by atoms with van der Waals surface area (Å²) in [5, 5.41) is 19.3. The lowest BCUT2D eigenvalue weighted by Crippen LogP contribution is -2.27. The van der Waals surface area contributed by atoms with E-state index >= 15 is 0 Å². The summed E-state index contributed by atoms with van der Waals surface area (Å²) in [7, 11) is 1.50. The molecule has 2 aliphatic rings. The van der Waals surface area contributed by atoms with E-state index in [1.165, 1.54) is 37.4 Å². The summed E-state index contributed by atoms with van der Waals surface area (Å²) in [6.07, 6.45) is 9.68. The van der Waals surface area contributed by atoms with Crippen LogP contribution >= 0.6 is 0 Å². The monoisotopic (exact) mass is 419 g/mol. The molecule has 0 aromatic heterocycles. The number of nitrogens with two attached hydrogens (primary N) is 1. The van der Waals surface area contributed by atoms with Crippen molar-refractivity contribution in [3.05, 3.63) is 29.3 Å². The van der Waals surface area contributed by atoms with E-state index in [4.69, 9.17) is 9.84 Å². The summed E-state index contributed by atoms with van der Waals surface area (Å²) in [6, 6.07) is 6.07. The highest BCUT2D eigenvalue weighted by molar-refractivity contribution is 5.68. The van der Waals surface area contributed by atoms with Gasteiger partial charge in [0.05, 0.1) is 6.10 Å². The molecule has 2 aliphatic carbocycles. The molecule has 0 heterocycles. The summed E-state index contributed by atoms with van der Waals surface area (Å²) in [5.74, 6) is 2.52. The second-order valence-corrected chi connectivity index (χ2v) is 9.01. The second-order valence-electron chi connectivity index (χ2n) is 9.01. The van der Waals surface area contributed by atoms with Crippen LogP contribution in [0.5, 0.6) is 5.75 Å². The Morgan fingerprint density at radius 2 is 2.00 bits per heavy atom. The molecular weight excluding hydrogens is 378 g/mol. The van der Waals surface area contributed by atoms with Gasteiger partial charge in [0.2, 0.25) is 0 Å². The van der Waals surface area contributed by atoms with Crippen molar-refractivity contribution in [2.24, 2.45) is 29.4 Å². The first kappa shape index (κ1) is 24.7. The van der Waals surface area contributed by atoms with E-state index in [9.17, 15) is 9.90 Å². The topological polar surface area (TPSA) is 92.8 Å². The fourth-order valence-electron chi connectivity index (χ4n) is 5.63. The van der Waals surface area contributed by atoms with Gasteiger partial charge in [0.15, 0.2) is 6.61 Å². The Bertz CT molecular complexity index is 663. The lowest BCUT2D eigenvalue weighted by molar-refractivity contribution is -0.139. The molecular formula is C25H41NO4. The Hall–Kier alpha value is -1.59. The number of hydrogen-bond acceptors (Lipinski definition) is 4. The Morgan fingerprint density at radius 3 is 2.70 bits per heavy atom. The van der Waals surface area contributed by atoms with Crippen LogP contribution in [0.15, 0.2) is 18.2 Å². The van der Waals surface area contributed by atoms with Gasteiger partial charge in [-0.2, -0.15) is 0 Å². The summed E-state index contributed by atoms with van der Waals surface area (Å²) < 4.78 is 5.56. The summed E-state index contributed by atoms with van der Waals surface area (Å²) in [5.41, 5.74) is 7.05. The summed E-state index contributed by atoms with van der Waals surface area (Å²) in [6.45, 7) is 4.30. The van der Waals surface area contributed by atoms with Gasteiger partial charge >= 0.3 is 5.97 Å². The zero-order valence-corrected chi connectivity index (χ0v) is 19.0. The van der Waals surface area contributed by atoms with Gasteiger partial charge < -0.3 is 20.7 Å². The first-order chi connectivity index (χ1) is 14.5. The number of aliphatic hydroxyl groups excluding tert-OH is 1. The molecule has 1 saturated carbocycles. The van der Waals surface area contributed by atoms with Crippen molar-refractivity contribution < 1.29 is 19.7 Å². The number of aliphatic hydroxyl groups is 1. The van der Waals surface area contributed by atoms with Crippen LogP contribution < -0.4 is 10.5 Å². The van der Waals surface area contributed by atoms with Gasteiger partial charge in [0, 0.05) is 0 Å². The van der Waals surface area contributed by atoms with Gasteiger partial charge in [-0.3, -0.25) is 0 Å². The molecule has 4 N–H and O–H groups in total. The van der Waals surface area contributed by atoms with Crippen LogP contribution in [0.2, 0.25) is 0 Å². The Labute approximate surface area is 182 Å². The predicted molar refractivity (Wildman–Crippen MR) is 121 cm³/mol. The van der Waals surface area contributed by atoms with E-state index < -0.39 is 5.97 Å². The fourth-order valence-corrected chi connectivity index (χ4v) is 5.63. The van der Waals surface area contributed by atoms with Crippen molar-refractivity contribution in [2.45, 2.75) is 77.7 Å². The first-order valence-electron chi connectivity index (χ1n) is 11.7. The number of carbonyl (C=O) groups is 1. The summed E-state index contributed by atoms with van der Waals surface area (Å²) in [4.78, 5) is 10.9. The molecule has 30 heavy (non-hydrogen) atoms. The number of carboxylic acids is 1. The van der Waals surface area contributed by atoms with Crippen LogP contribution in [-0.4, -0.2) is 35.9 Å². The number of carboxylic acid groups (broad SMARTS) is 1. The fraction of sp³-hybridized carbons (Fsp3) is 0.720. The van der Waals surface area contributed by atoms with Crippen LogP contribution in [0, 0.1) is 23.7 Å². The van der Waals surface area contributed by atoms with E-state index in [1.54, 1.807) is 0 Å². The maximum Gasteiger partial charge on any atom is 0.341 e. The van der Waals surface area contributed by atoms with Crippen molar-refractivity contribution in [1.82, 2.24) is 0 Å². The maximum atomic E-state index is 10.9. The number of ether oxygens (including phenoxy) is 1. The lowest BCUT2D eigenvalue weighted by atomic mass is 9.73. The Balaban J connectivity index is 0.00000155. The second kappa shape index (κ2) is 12.3. The first-order valence-corrected chi connectivity index (χ1v) is 11.7. The van der Waals surface area contributed by atoms with Gasteiger partial charge in [-0.05, 0) is 86.4 Å². The number of rotatable bonds is 10. The molecule has 0 radical (unpaired) electrons. The van der Waals surface area contributed by atoms with Crippen LogP contribution in [0.4, 0.5) is 0 Å².